The van der Waals surface area contributed by atoms with Gasteiger partial charge in [0.25, 0.3) is 5.56 Å². The molecule has 1 aliphatic heterocycles. The molecule has 0 spiro atoms. The summed E-state index contributed by atoms with van der Waals surface area (Å²) in [6.45, 7) is 3.84. The van der Waals surface area contributed by atoms with Crippen molar-refractivity contribution in [2.45, 2.75) is 45.3 Å². The number of amides is 1. The molecule has 0 fully saturated rings. The number of nitrogens with zero attached hydrogens (tertiary/aromatic N) is 3. The third kappa shape index (κ3) is 4.32. The number of aryl methyl sites for hydroxylation is 2. The van der Waals surface area contributed by atoms with Crippen molar-refractivity contribution in [1.82, 2.24) is 19.9 Å². The smallest absolute Gasteiger partial charge is 0.294 e. The molecule has 1 aromatic carbocycles. The molecule has 3 aromatic rings. The minimum absolute atomic E-state index is 0.0881. The van der Waals surface area contributed by atoms with Crippen LogP contribution in [0.5, 0.6) is 0 Å². The molecule has 4 rings (SSSR count). The number of halogens is 1. The van der Waals surface area contributed by atoms with Gasteiger partial charge in [-0.05, 0) is 44.4 Å². The summed E-state index contributed by atoms with van der Waals surface area (Å²) in [5.74, 6) is -0.114. The van der Waals surface area contributed by atoms with E-state index in [0.717, 1.165) is 11.1 Å². The Bertz CT molecular complexity index is 1210. The van der Waals surface area contributed by atoms with E-state index in [4.69, 9.17) is 5.73 Å². The summed E-state index contributed by atoms with van der Waals surface area (Å²) in [6.07, 6.45) is 4.29. The Morgan fingerprint density at radius 2 is 2.09 bits per heavy atom. The van der Waals surface area contributed by atoms with Crippen molar-refractivity contribution in [2.24, 2.45) is 0 Å². The second-order valence-electron chi connectivity index (χ2n) is 8.02. The van der Waals surface area contributed by atoms with Crippen LogP contribution >= 0.6 is 0 Å². The first-order valence-electron chi connectivity index (χ1n) is 10.4. The number of nitrogens with two attached hydrogens (primary N) is 1. The lowest BCUT2D eigenvalue weighted by Gasteiger charge is -2.19. The molecule has 166 valence electrons. The molecule has 8 nitrogen and oxygen atoms in total. The molecule has 0 bridgehead atoms. The van der Waals surface area contributed by atoms with Crippen LogP contribution in [0.3, 0.4) is 0 Å². The minimum atomic E-state index is -0.638. The fraction of sp³-hybridized carbons (Fsp3) is 0.304. The zero-order valence-electron chi connectivity index (χ0n) is 17.9. The van der Waals surface area contributed by atoms with Gasteiger partial charge in [-0.15, -0.1) is 0 Å². The van der Waals surface area contributed by atoms with Crippen LogP contribution in [0, 0.1) is 12.7 Å². The lowest BCUT2D eigenvalue weighted by atomic mass is 10.1. The quantitative estimate of drug-likeness (QED) is 0.547. The van der Waals surface area contributed by atoms with Crippen molar-refractivity contribution in [3.8, 4) is 0 Å². The summed E-state index contributed by atoms with van der Waals surface area (Å²) in [5, 5.41) is 5.87. The molecule has 2 aromatic heterocycles. The van der Waals surface area contributed by atoms with Crippen molar-refractivity contribution in [2.75, 3.05) is 11.1 Å². The van der Waals surface area contributed by atoms with Gasteiger partial charge in [-0.3, -0.25) is 14.2 Å². The van der Waals surface area contributed by atoms with Gasteiger partial charge in [0.15, 0.2) is 5.82 Å². The molecule has 4 N–H and O–H groups in total. The zero-order chi connectivity index (χ0) is 22.8. The van der Waals surface area contributed by atoms with E-state index >= 15 is 0 Å². The summed E-state index contributed by atoms with van der Waals surface area (Å²) in [6, 6.07) is 7.35. The average molecular weight is 436 g/mol. The lowest BCUT2D eigenvalue weighted by molar-refractivity contribution is -0.124. The number of carbonyl (C=O) groups excluding carboxylic acids is 1. The molecule has 1 aliphatic rings. The predicted molar refractivity (Wildman–Crippen MR) is 120 cm³/mol. The molecule has 1 amide bonds. The predicted octanol–water partition coefficient (Wildman–Crippen LogP) is 2.64. The van der Waals surface area contributed by atoms with E-state index in [1.54, 1.807) is 36.7 Å². The van der Waals surface area contributed by atoms with Gasteiger partial charge in [0.1, 0.15) is 17.7 Å². The van der Waals surface area contributed by atoms with Crippen LogP contribution in [0.25, 0.3) is 0 Å². The van der Waals surface area contributed by atoms with Gasteiger partial charge in [0.2, 0.25) is 5.91 Å². The van der Waals surface area contributed by atoms with E-state index < -0.39 is 11.6 Å². The Morgan fingerprint density at radius 1 is 1.28 bits per heavy atom. The highest BCUT2D eigenvalue weighted by Crippen LogP contribution is 2.25. The summed E-state index contributed by atoms with van der Waals surface area (Å²) >= 11 is 0. The Kier molecular flexibility index (Phi) is 5.89. The van der Waals surface area contributed by atoms with E-state index in [9.17, 15) is 14.0 Å². The Balaban J connectivity index is 1.51. The number of hydrogen-bond donors (Lipinski definition) is 3. The van der Waals surface area contributed by atoms with Gasteiger partial charge in [0, 0.05) is 30.2 Å². The second-order valence-corrected chi connectivity index (χ2v) is 8.02. The van der Waals surface area contributed by atoms with E-state index in [-0.39, 0.29) is 30.1 Å². The normalized spacial score (nSPS) is 15.8. The van der Waals surface area contributed by atoms with Crippen molar-refractivity contribution < 1.29 is 9.18 Å². The number of rotatable bonds is 6. The number of fused-ring (bicyclic) bond motifs is 1. The lowest BCUT2D eigenvalue weighted by Crippen LogP contribution is -2.37. The van der Waals surface area contributed by atoms with Gasteiger partial charge < -0.3 is 16.4 Å². The summed E-state index contributed by atoms with van der Waals surface area (Å²) < 4.78 is 15.5. The molecule has 0 saturated heterocycles. The number of benzene rings is 1. The SMILES string of the molecule is Cc1ccc(F)c(CNc2ncc3n(c2=O)[C@H](C(=O)N[C@H](C)c2ccc(N)nc2)CC3)c1. The Hall–Kier alpha value is -3.75. The van der Waals surface area contributed by atoms with Gasteiger partial charge in [-0.25, -0.2) is 14.4 Å². The van der Waals surface area contributed by atoms with E-state index in [1.165, 1.54) is 10.6 Å². The minimum Gasteiger partial charge on any atom is -0.384 e. The number of carbonyl (C=O) groups is 1. The number of hydrogen-bond acceptors (Lipinski definition) is 6. The second kappa shape index (κ2) is 8.78. The first kappa shape index (κ1) is 21.5. The van der Waals surface area contributed by atoms with E-state index in [1.807, 2.05) is 13.8 Å². The number of anilines is 2. The van der Waals surface area contributed by atoms with Crippen molar-refractivity contribution in [1.29, 1.82) is 0 Å². The topological polar surface area (TPSA) is 115 Å². The van der Waals surface area contributed by atoms with Crippen LogP contribution < -0.4 is 21.9 Å². The van der Waals surface area contributed by atoms with Gasteiger partial charge >= 0.3 is 0 Å². The largest absolute Gasteiger partial charge is 0.384 e. The van der Waals surface area contributed by atoms with Crippen LogP contribution in [0.1, 0.15) is 47.8 Å². The van der Waals surface area contributed by atoms with Crippen LogP contribution in [-0.4, -0.2) is 20.4 Å². The van der Waals surface area contributed by atoms with Crippen LogP contribution in [0.15, 0.2) is 47.5 Å². The van der Waals surface area contributed by atoms with E-state index in [2.05, 4.69) is 20.6 Å². The maximum Gasteiger partial charge on any atom is 0.294 e. The van der Waals surface area contributed by atoms with Crippen LogP contribution in [0.2, 0.25) is 0 Å². The highest BCUT2D eigenvalue weighted by Gasteiger charge is 2.31. The third-order valence-electron chi connectivity index (χ3n) is 5.68. The Labute approximate surface area is 184 Å². The molecular weight excluding hydrogens is 411 g/mol. The van der Waals surface area contributed by atoms with Crippen molar-refractivity contribution in [3.63, 3.8) is 0 Å². The number of aromatic nitrogens is 3. The third-order valence-corrected chi connectivity index (χ3v) is 5.68. The molecule has 0 radical (unpaired) electrons. The number of nitrogens with one attached hydrogen (secondary N) is 2. The van der Waals surface area contributed by atoms with Crippen LogP contribution in [0.4, 0.5) is 16.0 Å². The summed E-state index contributed by atoms with van der Waals surface area (Å²) in [5.41, 5.74) is 8.10. The van der Waals surface area contributed by atoms with Crippen molar-refractivity contribution in [3.05, 3.63) is 81.3 Å². The fourth-order valence-corrected chi connectivity index (χ4v) is 3.89. The average Bonchev–Trinajstić information content (AvgIpc) is 3.21. The highest BCUT2D eigenvalue weighted by molar-refractivity contribution is 5.81. The monoisotopic (exact) mass is 436 g/mol. The maximum atomic E-state index is 14.0. The first-order chi connectivity index (χ1) is 15.3. The summed E-state index contributed by atoms with van der Waals surface area (Å²) in [7, 11) is 0. The molecule has 32 heavy (non-hydrogen) atoms. The van der Waals surface area contributed by atoms with Gasteiger partial charge in [0.05, 0.1) is 6.04 Å². The fourth-order valence-electron chi connectivity index (χ4n) is 3.89. The molecule has 2 atom stereocenters. The maximum absolute atomic E-state index is 14.0. The standard InChI is InChI=1S/C23H25FN6O2/c1-13-3-6-18(24)16(9-13)11-27-21-23(32)30-17(12-28-21)5-7-19(30)22(31)29-14(2)15-4-8-20(25)26-10-15/h3-4,6,8-10,12,14,19H,5,7,11H2,1-2H3,(H2,25,26)(H,27,28)(H,29,31)/t14-,19+/m1/s1. The molecule has 3 heterocycles. The number of nitrogen functional groups attached to an aromatic ring is 1. The highest BCUT2D eigenvalue weighted by atomic mass is 19.1. The van der Waals surface area contributed by atoms with E-state index in [0.29, 0.717) is 29.9 Å². The molecule has 0 unspecified atom stereocenters. The van der Waals surface area contributed by atoms with Crippen LogP contribution in [-0.2, 0) is 17.8 Å². The first-order valence-corrected chi connectivity index (χ1v) is 10.4. The molecule has 0 aliphatic carbocycles. The number of pyridine rings is 1. The molecule has 0 saturated carbocycles. The van der Waals surface area contributed by atoms with Gasteiger partial charge in [-0.2, -0.15) is 0 Å². The molecular formula is C23H25FN6O2. The zero-order valence-corrected chi connectivity index (χ0v) is 17.9. The summed E-state index contributed by atoms with van der Waals surface area (Å²) in [4.78, 5) is 34.3. The Morgan fingerprint density at radius 3 is 2.84 bits per heavy atom. The molecule has 9 heteroatoms. The van der Waals surface area contributed by atoms with Crippen molar-refractivity contribution >= 4 is 17.5 Å². The van der Waals surface area contributed by atoms with Gasteiger partial charge in [-0.1, -0.05) is 23.8 Å².